The van der Waals surface area contributed by atoms with Crippen LogP contribution in [0.15, 0.2) is 18.2 Å². The minimum absolute atomic E-state index is 0.224. The molecule has 0 N–H and O–H groups in total. The van der Waals surface area contributed by atoms with Crippen LogP contribution in [0.25, 0.3) is 0 Å². The van der Waals surface area contributed by atoms with Gasteiger partial charge in [0.05, 0.1) is 11.1 Å². The molecule has 0 fully saturated rings. The Balaban J connectivity index is 2.55. The lowest BCUT2D eigenvalue weighted by Gasteiger charge is -2.29. The summed E-state index contributed by atoms with van der Waals surface area (Å²) in [5.74, 6) is 5.22. The number of carbonyl (C=O) groups excluding carboxylic acids is 2. The Kier molecular flexibility index (Phi) is 2.74. The zero-order chi connectivity index (χ0) is 13.5. The fraction of sp³-hybridized carbons (Fsp3) is 0.333. The van der Waals surface area contributed by atoms with E-state index in [9.17, 15) is 9.59 Å². The third kappa shape index (κ3) is 1.80. The molecule has 92 valence electrons. The number of nitrogens with zero attached hydrogens (tertiary/aromatic N) is 1. The van der Waals surface area contributed by atoms with Crippen molar-refractivity contribution in [2.24, 2.45) is 0 Å². The molecule has 1 aromatic carbocycles. The second-order valence-electron chi connectivity index (χ2n) is 5.25. The molecule has 0 spiro atoms. The summed E-state index contributed by atoms with van der Waals surface area (Å²) in [6, 6.07) is 5.14. The van der Waals surface area contributed by atoms with Crippen molar-refractivity contribution in [3.63, 3.8) is 0 Å². The number of rotatable bonds is 0. The van der Waals surface area contributed by atoms with Gasteiger partial charge in [0.1, 0.15) is 0 Å². The summed E-state index contributed by atoms with van der Waals surface area (Å²) in [5, 5.41) is 0. The Morgan fingerprint density at radius 3 is 2.22 bits per heavy atom. The van der Waals surface area contributed by atoms with Crippen molar-refractivity contribution in [1.29, 1.82) is 0 Å². The maximum atomic E-state index is 12.3. The largest absolute Gasteiger partial charge is 0.269 e. The topological polar surface area (TPSA) is 37.4 Å². The third-order valence-electron chi connectivity index (χ3n) is 2.83. The Morgan fingerprint density at radius 2 is 1.67 bits per heavy atom. The van der Waals surface area contributed by atoms with Gasteiger partial charge in [-0.2, -0.15) is 0 Å². The predicted octanol–water partition coefficient (Wildman–Crippen LogP) is 2.45. The smallest absolute Gasteiger partial charge is 0.262 e. The number of fused-ring (bicyclic) bond motifs is 1. The van der Waals surface area contributed by atoms with Crippen LogP contribution in [0, 0.1) is 11.8 Å². The van der Waals surface area contributed by atoms with E-state index in [1.165, 1.54) is 4.90 Å². The van der Waals surface area contributed by atoms with Crippen molar-refractivity contribution in [2.45, 2.75) is 33.2 Å². The number of benzene rings is 1. The van der Waals surface area contributed by atoms with Crippen LogP contribution < -0.4 is 0 Å². The van der Waals surface area contributed by atoms with E-state index in [-0.39, 0.29) is 11.8 Å². The van der Waals surface area contributed by atoms with Crippen LogP contribution in [0.3, 0.4) is 0 Å². The average molecular weight is 241 g/mol. The molecule has 0 saturated heterocycles. The second kappa shape index (κ2) is 3.99. The van der Waals surface area contributed by atoms with Gasteiger partial charge in [-0.05, 0) is 45.9 Å². The van der Waals surface area contributed by atoms with Gasteiger partial charge in [0.2, 0.25) is 0 Å². The summed E-state index contributed by atoms with van der Waals surface area (Å²) >= 11 is 0. The van der Waals surface area contributed by atoms with Gasteiger partial charge in [-0.15, -0.1) is 5.92 Å². The van der Waals surface area contributed by atoms with Gasteiger partial charge in [-0.25, -0.2) is 0 Å². The number of carbonyl (C=O) groups is 2. The summed E-state index contributed by atoms with van der Waals surface area (Å²) in [5.41, 5.74) is 1.17. The lowest BCUT2D eigenvalue weighted by molar-refractivity contribution is 0.0508. The van der Waals surface area contributed by atoms with Gasteiger partial charge in [-0.1, -0.05) is 5.92 Å². The van der Waals surface area contributed by atoms with Crippen molar-refractivity contribution in [1.82, 2.24) is 4.90 Å². The van der Waals surface area contributed by atoms with E-state index in [1.54, 1.807) is 25.1 Å². The van der Waals surface area contributed by atoms with Crippen molar-refractivity contribution in [3.05, 3.63) is 34.9 Å². The quantitative estimate of drug-likeness (QED) is 0.517. The maximum Gasteiger partial charge on any atom is 0.262 e. The molecule has 1 aliphatic rings. The molecular formula is C15H15NO2. The molecular weight excluding hydrogens is 226 g/mol. The molecule has 0 atom stereocenters. The van der Waals surface area contributed by atoms with Gasteiger partial charge < -0.3 is 0 Å². The molecule has 3 nitrogen and oxygen atoms in total. The molecule has 1 aliphatic heterocycles. The molecule has 0 radical (unpaired) electrons. The SMILES string of the molecule is CC#Cc1ccc2c(c1)C(=O)N(C(C)(C)C)C2=O. The highest BCUT2D eigenvalue weighted by atomic mass is 16.2. The molecule has 18 heavy (non-hydrogen) atoms. The zero-order valence-electron chi connectivity index (χ0n) is 11.0. The van der Waals surface area contributed by atoms with Crippen LogP contribution >= 0.6 is 0 Å². The van der Waals surface area contributed by atoms with E-state index >= 15 is 0 Å². The van der Waals surface area contributed by atoms with Crippen molar-refractivity contribution < 1.29 is 9.59 Å². The van der Waals surface area contributed by atoms with Gasteiger partial charge >= 0.3 is 0 Å². The Bertz CT molecular complexity index is 597. The first-order chi connectivity index (χ1) is 8.36. The van der Waals surface area contributed by atoms with Gasteiger partial charge in [0, 0.05) is 11.1 Å². The summed E-state index contributed by atoms with van der Waals surface area (Å²) in [7, 11) is 0. The molecule has 3 heteroatoms. The molecule has 0 aliphatic carbocycles. The monoisotopic (exact) mass is 241 g/mol. The fourth-order valence-electron chi connectivity index (χ4n) is 2.07. The fourth-order valence-corrected chi connectivity index (χ4v) is 2.07. The molecule has 0 aromatic heterocycles. The van der Waals surface area contributed by atoms with E-state index in [4.69, 9.17) is 0 Å². The first-order valence-corrected chi connectivity index (χ1v) is 5.82. The Labute approximate surface area is 107 Å². The highest BCUT2D eigenvalue weighted by molar-refractivity contribution is 6.22. The van der Waals surface area contributed by atoms with E-state index in [0.29, 0.717) is 11.1 Å². The minimum Gasteiger partial charge on any atom is -0.269 e. The summed E-state index contributed by atoms with van der Waals surface area (Å²) in [6.07, 6.45) is 0. The third-order valence-corrected chi connectivity index (χ3v) is 2.83. The molecule has 0 bridgehead atoms. The van der Waals surface area contributed by atoms with Crippen LogP contribution in [0.2, 0.25) is 0 Å². The van der Waals surface area contributed by atoms with Gasteiger partial charge in [0.25, 0.3) is 11.8 Å². The average Bonchev–Trinajstić information content (AvgIpc) is 2.51. The second-order valence-corrected chi connectivity index (χ2v) is 5.25. The highest BCUT2D eigenvalue weighted by Gasteiger charge is 2.41. The number of hydrogen-bond donors (Lipinski definition) is 0. The van der Waals surface area contributed by atoms with Gasteiger partial charge in [-0.3, -0.25) is 14.5 Å². The van der Waals surface area contributed by atoms with Gasteiger partial charge in [0.15, 0.2) is 0 Å². The molecule has 0 unspecified atom stereocenters. The lowest BCUT2D eigenvalue weighted by Crippen LogP contribution is -2.45. The Hall–Kier alpha value is -2.08. The van der Waals surface area contributed by atoms with Crippen LogP contribution in [-0.2, 0) is 0 Å². The molecule has 1 heterocycles. The van der Waals surface area contributed by atoms with Crippen LogP contribution in [0.4, 0.5) is 0 Å². The molecule has 2 amide bonds. The van der Waals surface area contributed by atoms with Crippen molar-refractivity contribution in [2.75, 3.05) is 0 Å². The standard InChI is InChI=1S/C15H15NO2/c1-5-6-10-7-8-11-12(9-10)14(18)16(13(11)17)15(2,3)4/h7-9H,1-4H3. The van der Waals surface area contributed by atoms with E-state index in [0.717, 1.165) is 5.56 Å². The highest BCUT2D eigenvalue weighted by Crippen LogP contribution is 2.29. The molecule has 1 aromatic rings. The van der Waals surface area contributed by atoms with E-state index in [1.807, 2.05) is 20.8 Å². The number of hydrogen-bond acceptors (Lipinski definition) is 2. The molecule has 0 saturated carbocycles. The van der Waals surface area contributed by atoms with Crippen LogP contribution in [0.5, 0.6) is 0 Å². The summed E-state index contributed by atoms with van der Waals surface area (Å²) in [6.45, 7) is 7.28. The van der Waals surface area contributed by atoms with Crippen LogP contribution in [-0.4, -0.2) is 22.3 Å². The van der Waals surface area contributed by atoms with Crippen molar-refractivity contribution in [3.8, 4) is 11.8 Å². The summed E-state index contributed by atoms with van der Waals surface area (Å²) < 4.78 is 0. The van der Waals surface area contributed by atoms with E-state index < -0.39 is 5.54 Å². The zero-order valence-corrected chi connectivity index (χ0v) is 11.0. The van der Waals surface area contributed by atoms with Crippen molar-refractivity contribution >= 4 is 11.8 Å². The molecule has 2 rings (SSSR count). The first-order valence-electron chi connectivity index (χ1n) is 5.82. The Morgan fingerprint density at radius 1 is 1.06 bits per heavy atom. The predicted molar refractivity (Wildman–Crippen MR) is 69.2 cm³/mol. The summed E-state index contributed by atoms with van der Waals surface area (Å²) in [4.78, 5) is 25.8. The lowest BCUT2D eigenvalue weighted by atomic mass is 10.1. The van der Waals surface area contributed by atoms with E-state index in [2.05, 4.69) is 11.8 Å². The normalized spacial score (nSPS) is 14.3. The van der Waals surface area contributed by atoms with Crippen LogP contribution in [0.1, 0.15) is 54.0 Å². The maximum absolute atomic E-state index is 12.3. The first kappa shape index (κ1) is 12.4. The number of imide groups is 1. The minimum atomic E-state index is -0.510. The number of amides is 2.